The minimum atomic E-state index is 0.110. The van der Waals surface area contributed by atoms with Gasteiger partial charge in [0.05, 0.1) is 6.54 Å². The van der Waals surface area contributed by atoms with E-state index in [1.165, 1.54) is 4.90 Å². The van der Waals surface area contributed by atoms with Crippen LogP contribution in [0.4, 0.5) is 0 Å². The summed E-state index contributed by atoms with van der Waals surface area (Å²) in [4.78, 5) is 23.9. The van der Waals surface area contributed by atoms with Gasteiger partial charge in [0.25, 0.3) is 5.91 Å². The van der Waals surface area contributed by atoms with Crippen molar-refractivity contribution in [2.75, 3.05) is 26.2 Å². The Hall–Kier alpha value is -1.10. The van der Waals surface area contributed by atoms with Crippen LogP contribution >= 0.6 is 0 Å². The second-order valence-corrected chi connectivity index (χ2v) is 4.12. The normalized spacial score (nSPS) is 22.6. The standard InChI is InChI=1S/C11H21N3O2/c1-3-12-10(15)6-5-7-14-8-9(14)11(16)13-4-2/h9H,3-8H2,1-2H3,(H,12,15)(H,13,16)/p+1/t9-,14?/m0/s1. The minimum Gasteiger partial charge on any atom is -0.356 e. The molecule has 3 N–H and O–H groups in total. The van der Waals surface area contributed by atoms with Crippen molar-refractivity contribution in [3.05, 3.63) is 0 Å². The quantitative estimate of drug-likeness (QED) is 0.455. The molecule has 92 valence electrons. The van der Waals surface area contributed by atoms with E-state index < -0.39 is 0 Å². The van der Waals surface area contributed by atoms with Crippen molar-refractivity contribution in [2.24, 2.45) is 0 Å². The fourth-order valence-corrected chi connectivity index (χ4v) is 1.82. The van der Waals surface area contributed by atoms with Crippen LogP contribution in [-0.4, -0.2) is 44.0 Å². The summed E-state index contributed by atoms with van der Waals surface area (Å²) in [5.74, 6) is 0.258. The molecule has 5 heteroatoms. The molecule has 16 heavy (non-hydrogen) atoms. The van der Waals surface area contributed by atoms with Gasteiger partial charge < -0.3 is 15.5 Å². The van der Waals surface area contributed by atoms with Gasteiger partial charge in [-0.3, -0.25) is 9.59 Å². The van der Waals surface area contributed by atoms with Crippen LogP contribution in [0.5, 0.6) is 0 Å². The zero-order chi connectivity index (χ0) is 12.0. The average molecular weight is 228 g/mol. The Balaban J connectivity index is 2.04. The molecule has 1 saturated heterocycles. The number of nitrogens with one attached hydrogen (secondary N) is 3. The summed E-state index contributed by atoms with van der Waals surface area (Å²) < 4.78 is 0. The maximum absolute atomic E-state index is 11.4. The van der Waals surface area contributed by atoms with E-state index in [0.29, 0.717) is 19.5 Å². The number of hydrogen-bond donors (Lipinski definition) is 3. The number of likely N-dealkylation sites (N-methyl/N-ethyl adjacent to an activating group) is 1. The van der Waals surface area contributed by atoms with E-state index in [4.69, 9.17) is 0 Å². The molecule has 0 aromatic heterocycles. The van der Waals surface area contributed by atoms with Crippen LogP contribution in [0.3, 0.4) is 0 Å². The van der Waals surface area contributed by atoms with Gasteiger partial charge in [-0.05, 0) is 13.8 Å². The maximum atomic E-state index is 11.4. The van der Waals surface area contributed by atoms with Crippen LogP contribution < -0.4 is 15.5 Å². The summed E-state index contributed by atoms with van der Waals surface area (Å²) in [6.07, 6.45) is 1.43. The first-order chi connectivity index (χ1) is 7.69. The first-order valence-electron chi connectivity index (χ1n) is 6.08. The van der Waals surface area contributed by atoms with Crippen molar-refractivity contribution in [1.82, 2.24) is 10.6 Å². The molecule has 1 fully saturated rings. The van der Waals surface area contributed by atoms with E-state index in [9.17, 15) is 9.59 Å². The molecule has 0 saturated carbocycles. The summed E-state index contributed by atoms with van der Waals surface area (Å²) >= 11 is 0. The number of carbonyl (C=O) groups excluding carboxylic acids is 2. The van der Waals surface area contributed by atoms with Crippen molar-refractivity contribution >= 4 is 11.8 Å². The highest BCUT2D eigenvalue weighted by Gasteiger charge is 2.45. The van der Waals surface area contributed by atoms with Crippen LogP contribution in [0, 0.1) is 0 Å². The van der Waals surface area contributed by atoms with Crippen LogP contribution in [0.25, 0.3) is 0 Å². The highest BCUT2D eigenvalue weighted by Crippen LogP contribution is 1.92. The maximum Gasteiger partial charge on any atom is 0.284 e. The molecular weight excluding hydrogens is 206 g/mol. The Bertz CT molecular complexity index is 256. The lowest BCUT2D eigenvalue weighted by molar-refractivity contribution is -0.768. The summed E-state index contributed by atoms with van der Waals surface area (Å²) in [5.41, 5.74) is 0. The third kappa shape index (κ3) is 4.18. The van der Waals surface area contributed by atoms with E-state index in [0.717, 1.165) is 19.5 Å². The Labute approximate surface area is 96.6 Å². The number of carbonyl (C=O) groups is 2. The van der Waals surface area contributed by atoms with Crippen LogP contribution in [0.2, 0.25) is 0 Å². The van der Waals surface area contributed by atoms with Gasteiger partial charge in [-0.2, -0.15) is 0 Å². The molecule has 5 nitrogen and oxygen atoms in total. The van der Waals surface area contributed by atoms with Crippen LogP contribution in [0.1, 0.15) is 26.7 Å². The predicted molar refractivity (Wildman–Crippen MR) is 61.1 cm³/mol. The van der Waals surface area contributed by atoms with Crippen molar-refractivity contribution < 1.29 is 14.5 Å². The van der Waals surface area contributed by atoms with E-state index >= 15 is 0 Å². The zero-order valence-corrected chi connectivity index (χ0v) is 10.1. The topological polar surface area (TPSA) is 62.6 Å². The third-order valence-corrected chi connectivity index (χ3v) is 2.74. The third-order valence-electron chi connectivity index (χ3n) is 2.74. The van der Waals surface area contributed by atoms with Crippen LogP contribution in [0.15, 0.2) is 0 Å². The molecule has 0 aliphatic carbocycles. The average Bonchev–Trinajstić information content (AvgIpc) is 2.98. The van der Waals surface area contributed by atoms with E-state index in [-0.39, 0.29) is 17.9 Å². The molecule has 0 radical (unpaired) electrons. The first kappa shape index (κ1) is 13.0. The van der Waals surface area contributed by atoms with Crippen molar-refractivity contribution in [2.45, 2.75) is 32.7 Å². The van der Waals surface area contributed by atoms with Crippen molar-refractivity contribution in [3.8, 4) is 0 Å². The first-order valence-corrected chi connectivity index (χ1v) is 6.08. The second-order valence-electron chi connectivity index (χ2n) is 4.12. The smallest absolute Gasteiger partial charge is 0.284 e. The minimum absolute atomic E-state index is 0.110. The molecule has 0 bridgehead atoms. The molecule has 0 aromatic rings. The molecule has 2 atom stereocenters. The Kier molecular flexibility index (Phi) is 5.25. The molecule has 1 heterocycles. The SMILES string of the molecule is CCNC(=O)CCC[NH+]1C[C@H]1C(=O)NCC. The molecule has 0 spiro atoms. The van der Waals surface area contributed by atoms with Gasteiger partial charge in [-0.15, -0.1) is 0 Å². The van der Waals surface area contributed by atoms with Crippen LogP contribution in [-0.2, 0) is 9.59 Å². The van der Waals surface area contributed by atoms with Gasteiger partial charge in [0.15, 0.2) is 0 Å². The lowest BCUT2D eigenvalue weighted by Gasteiger charge is -2.02. The highest BCUT2D eigenvalue weighted by atomic mass is 16.2. The summed E-state index contributed by atoms with van der Waals surface area (Å²) in [6, 6.07) is 0.134. The number of hydrogen-bond acceptors (Lipinski definition) is 2. The predicted octanol–water partition coefficient (Wildman–Crippen LogP) is -1.69. The lowest BCUT2D eigenvalue weighted by atomic mass is 10.3. The van der Waals surface area contributed by atoms with Gasteiger partial charge in [0.1, 0.15) is 6.54 Å². The molecule has 1 rings (SSSR count). The van der Waals surface area contributed by atoms with Gasteiger partial charge >= 0.3 is 0 Å². The fourth-order valence-electron chi connectivity index (χ4n) is 1.82. The zero-order valence-electron chi connectivity index (χ0n) is 10.1. The molecule has 2 amide bonds. The van der Waals surface area contributed by atoms with E-state index in [1.54, 1.807) is 0 Å². The Morgan fingerprint density at radius 1 is 1.25 bits per heavy atom. The number of amides is 2. The number of quaternary nitrogens is 1. The molecular formula is C11H22N3O2+. The lowest BCUT2D eigenvalue weighted by Crippen LogP contribution is -2.95. The molecule has 1 aliphatic rings. The molecule has 1 aliphatic heterocycles. The summed E-state index contributed by atoms with van der Waals surface area (Å²) in [7, 11) is 0. The number of rotatable bonds is 7. The molecule has 1 unspecified atom stereocenters. The monoisotopic (exact) mass is 228 g/mol. The van der Waals surface area contributed by atoms with E-state index in [1.807, 2.05) is 13.8 Å². The summed E-state index contributed by atoms with van der Waals surface area (Å²) in [6.45, 7) is 7.06. The fraction of sp³-hybridized carbons (Fsp3) is 0.818. The Morgan fingerprint density at radius 3 is 2.56 bits per heavy atom. The Morgan fingerprint density at radius 2 is 1.94 bits per heavy atom. The second kappa shape index (κ2) is 6.48. The largest absolute Gasteiger partial charge is 0.356 e. The van der Waals surface area contributed by atoms with Gasteiger partial charge in [-0.1, -0.05) is 0 Å². The summed E-state index contributed by atoms with van der Waals surface area (Å²) in [5, 5.41) is 5.58. The van der Waals surface area contributed by atoms with Gasteiger partial charge in [0, 0.05) is 25.9 Å². The van der Waals surface area contributed by atoms with Gasteiger partial charge in [-0.25, -0.2) is 0 Å². The van der Waals surface area contributed by atoms with Crippen molar-refractivity contribution in [3.63, 3.8) is 0 Å². The molecule has 0 aromatic carbocycles. The van der Waals surface area contributed by atoms with Crippen molar-refractivity contribution in [1.29, 1.82) is 0 Å². The highest BCUT2D eigenvalue weighted by molar-refractivity contribution is 5.82. The van der Waals surface area contributed by atoms with Gasteiger partial charge in [0.2, 0.25) is 11.9 Å². The van der Waals surface area contributed by atoms with E-state index in [2.05, 4.69) is 10.6 Å².